The summed E-state index contributed by atoms with van der Waals surface area (Å²) in [7, 11) is 0. The number of amides is 1. The van der Waals surface area contributed by atoms with E-state index in [2.05, 4.69) is 31.3 Å². The fourth-order valence-corrected chi connectivity index (χ4v) is 9.64. The van der Waals surface area contributed by atoms with Crippen LogP contribution in [-0.4, -0.2) is 47.4 Å². The van der Waals surface area contributed by atoms with E-state index in [4.69, 9.17) is 4.74 Å². The molecule has 3 N–H and O–H groups in total. The summed E-state index contributed by atoms with van der Waals surface area (Å²) in [6, 6.07) is -0.540. The van der Waals surface area contributed by atoms with Crippen LogP contribution in [0.3, 0.4) is 0 Å². The average molecular weight is 947 g/mol. The number of carbonyl (C=O) groups excluding carboxylic acids is 2. The van der Waals surface area contributed by atoms with Crippen LogP contribution in [-0.2, 0) is 14.3 Å². The molecule has 2 atom stereocenters. The smallest absolute Gasteiger partial charge is 0.305 e. The zero-order valence-electron chi connectivity index (χ0n) is 45.4. The third-order valence-electron chi connectivity index (χ3n) is 14.3. The van der Waals surface area contributed by atoms with Gasteiger partial charge in [0.1, 0.15) is 0 Å². The number of unbranched alkanes of at least 4 members (excludes halogenated alkanes) is 44. The largest absolute Gasteiger partial charge is 0.466 e. The first-order valence-electron chi connectivity index (χ1n) is 30.4. The van der Waals surface area contributed by atoms with Crippen LogP contribution >= 0.6 is 0 Å². The lowest BCUT2D eigenvalue weighted by molar-refractivity contribution is -0.143. The number of esters is 1. The zero-order valence-corrected chi connectivity index (χ0v) is 45.4. The summed E-state index contributed by atoms with van der Waals surface area (Å²) in [5.41, 5.74) is 0. The minimum Gasteiger partial charge on any atom is -0.466 e. The molecule has 0 saturated carbocycles. The van der Waals surface area contributed by atoms with E-state index >= 15 is 0 Å². The summed E-state index contributed by atoms with van der Waals surface area (Å²) >= 11 is 0. The van der Waals surface area contributed by atoms with Crippen molar-refractivity contribution < 1.29 is 24.5 Å². The fraction of sp³-hybridized carbons (Fsp3) is 0.934. The third kappa shape index (κ3) is 53.8. The number of hydrogen-bond acceptors (Lipinski definition) is 5. The molecular formula is C61H119NO5. The van der Waals surface area contributed by atoms with Crippen LogP contribution in [0, 0.1) is 0 Å². The van der Waals surface area contributed by atoms with Crippen molar-refractivity contribution in [3.8, 4) is 0 Å². The van der Waals surface area contributed by atoms with Gasteiger partial charge in [-0.25, -0.2) is 0 Å². The van der Waals surface area contributed by atoms with Crippen LogP contribution in [0.1, 0.15) is 341 Å². The molecule has 0 aliphatic rings. The first kappa shape index (κ1) is 65.6. The minimum atomic E-state index is -0.662. The van der Waals surface area contributed by atoms with Gasteiger partial charge in [0.2, 0.25) is 5.91 Å². The van der Waals surface area contributed by atoms with Crippen molar-refractivity contribution >= 4 is 11.9 Å². The monoisotopic (exact) mass is 946 g/mol. The SMILES string of the molecule is CCCCCCCCCCCCCCC(=O)OCCCCCCCCCCCCCC/C=C\CCCCCCCCCCCCCC(=O)NC(CO)C(O)CCCCCCCCCCCCC. The lowest BCUT2D eigenvalue weighted by atomic mass is 10.0. The molecule has 0 saturated heterocycles. The van der Waals surface area contributed by atoms with E-state index in [1.807, 2.05) is 0 Å². The Morgan fingerprint density at radius 3 is 1.06 bits per heavy atom. The Labute approximate surface area is 419 Å². The highest BCUT2D eigenvalue weighted by atomic mass is 16.5. The number of nitrogens with one attached hydrogen (secondary N) is 1. The van der Waals surface area contributed by atoms with Crippen molar-refractivity contribution in [2.45, 2.75) is 353 Å². The van der Waals surface area contributed by atoms with Gasteiger partial charge in [-0.2, -0.15) is 0 Å². The van der Waals surface area contributed by atoms with E-state index in [1.165, 1.54) is 270 Å². The van der Waals surface area contributed by atoms with Crippen LogP contribution in [0.4, 0.5) is 0 Å². The maximum atomic E-state index is 12.4. The topological polar surface area (TPSA) is 95.9 Å². The molecule has 0 rings (SSSR count). The van der Waals surface area contributed by atoms with Gasteiger partial charge in [-0.3, -0.25) is 9.59 Å². The number of hydrogen-bond donors (Lipinski definition) is 3. The predicted molar refractivity (Wildman–Crippen MR) is 292 cm³/mol. The van der Waals surface area contributed by atoms with Crippen LogP contribution in [0.2, 0.25) is 0 Å². The molecule has 0 aromatic carbocycles. The Kier molecular flexibility index (Phi) is 56.0. The van der Waals surface area contributed by atoms with Gasteiger partial charge in [-0.1, -0.05) is 289 Å². The first-order chi connectivity index (χ1) is 33.0. The Hall–Kier alpha value is -1.40. The van der Waals surface area contributed by atoms with Gasteiger partial charge >= 0.3 is 5.97 Å². The highest BCUT2D eigenvalue weighted by Gasteiger charge is 2.20. The predicted octanol–water partition coefficient (Wildman–Crippen LogP) is 18.9. The molecule has 1 amide bonds. The summed E-state index contributed by atoms with van der Waals surface area (Å²) in [6.45, 7) is 4.96. The lowest BCUT2D eigenvalue weighted by Gasteiger charge is -2.22. The Bertz CT molecular complexity index is 1000. The average Bonchev–Trinajstić information content (AvgIpc) is 3.33. The van der Waals surface area contributed by atoms with Gasteiger partial charge in [-0.15, -0.1) is 0 Å². The molecule has 398 valence electrons. The Balaban J connectivity index is 3.36. The number of ether oxygens (including phenoxy) is 1. The lowest BCUT2D eigenvalue weighted by Crippen LogP contribution is -2.45. The van der Waals surface area contributed by atoms with Crippen LogP contribution in [0.25, 0.3) is 0 Å². The first-order valence-corrected chi connectivity index (χ1v) is 30.4. The van der Waals surface area contributed by atoms with Crippen molar-refractivity contribution in [1.29, 1.82) is 0 Å². The standard InChI is InChI=1S/C61H119NO5/c1-3-5-7-9-11-13-15-35-39-43-47-51-55-61(66)67-56-52-48-44-40-36-32-30-28-26-24-22-20-18-16-17-19-21-23-25-27-29-31-34-38-42-46-50-54-60(65)62-58(57-63)59(64)53-49-45-41-37-33-14-12-10-8-6-4-2/h16-17,58-59,63-64H,3-15,18-57H2,1-2H3,(H,62,65)/b17-16-. The molecule has 0 aliphatic carbocycles. The normalized spacial score (nSPS) is 12.6. The van der Waals surface area contributed by atoms with E-state index in [1.54, 1.807) is 0 Å². The second-order valence-corrected chi connectivity index (χ2v) is 21.0. The third-order valence-corrected chi connectivity index (χ3v) is 14.3. The van der Waals surface area contributed by atoms with Gasteiger partial charge in [-0.05, 0) is 51.4 Å². The van der Waals surface area contributed by atoms with Crippen LogP contribution < -0.4 is 5.32 Å². The summed E-state index contributed by atoms with van der Waals surface area (Å²) < 4.78 is 5.47. The van der Waals surface area contributed by atoms with Crippen molar-refractivity contribution in [3.63, 3.8) is 0 Å². The van der Waals surface area contributed by atoms with Gasteiger partial charge in [0.05, 0.1) is 25.4 Å². The molecule has 0 spiro atoms. The molecule has 0 aliphatic heterocycles. The van der Waals surface area contributed by atoms with Gasteiger partial charge in [0.15, 0.2) is 0 Å². The van der Waals surface area contributed by atoms with Gasteiger partial charge in [0.25, 0.3) is 0 Å². The zero-order chi connectivity index (χ0) is 48.6. The van der Waals surface area contributed by atoms with Crippen molar-refractivity contribution in [3.05, 3.63) is 12.2 Å². The van der Waals surface area contributed by atoms with Crippen molar-refractivity contribution in [2.75, 3.05) is 13.2 Å². The molecule has 0 heterocycles. The molecule has 0 bridgehead atoms. The highest BCUT2D eigenvalue weighted by Crippen LogP contribution is 2.18. The number of aliphatic hydroxyl groups is 2. The maximum absolute atomic E-state index is 12.4. The van der Waals surface area contributed by atoms with Gasteiger partial charge in [0, 0.05) is 12.8 Å². The maximum Gasteiger partial charge on any atom is 0.305 e. The molecule has 6 heteroatoms. The van der Waals surface area contributed by atoms with E-state index in [0.717, 1.165) is 38.5 Å². The molecule has 2 unspecified atom stereocenters. The molecule has 67 heavy (non-hydrogen) atoms. The van der Waals surface area contributed by atoms with E-state index in [9.17, 15) is 19.8 Å². The van der Waals surface area contributed by atoms with E-state index in [-0.39, 0.29) is 18.5 Å². The van der Waals surface area contributed by atoms with E-state index in [0.29, 0.717) is 25.9 Å². The number of carbonyl (C=O) groups is 2. The fourth-order valence-electron chi connectivity index (χ4n) is 9.64. The molecule has 0 fully saturated rings. The summed E-state index contributed by atoms with van der Waals surface area (Å²) in [5, 5.41) is 23.2. The molecule has 0 aromatic rings. The summed E-state index contributed by atoms with van der Waals surface area (Å²) in [4.78, 5) is 24.4. The van der Waals surface area contributed by atoms with Crippen molar-refractivity contribution in [1.82, 2.24) is 5.32 Å². The van der Waals surface area contributed by atoms with Crippen LogP contribution in [0.15, 0.2) is 12.2 Å². The van der Waals surface area contributed by atoms with E-state index < -0.39 is 12.1 Å². The number of rotatable bonds is 57. The minimum absolute atomic E-state index is 0.0162. The second kappa shape index (κ2) is 57.2. The van der Waals surface area contributed by atoms with Crippen LogP contribution in [0.5, 0.6) is 0 Å². The Morgan fingerprint density at radius 1 is 0.403 bits per heavy atom. The molecular weight excluding hydrogens is 827 g/mol. The van der Waals surface area contributed by atoms with Gasteiger partial charge < -0.3 is 20.3 Å². The Morgan fingerprint density at radius 2 is 0.701 bits per heavy atom. The summed E-state index contributed by atoms with van der Waals surface area (Å²) in [5.74, 6) is -0.0192. The molecule has 6 nitrogen and oxygen atoms in total. The number of allylic oxidation sites excluding steroid dienone is 2. The quantitative estimate of drug-likeness (QED) is 0.0321. The highest BCUT2D eigenvalue weighted by molar-refractivity contribution is 5.76. The summed E-state index contributed by atoms with van der Waals surface area (Å²) in [6.07, 6.45) is 68.0. The molecule has 0 radical (unpaired) electrons. The second-order valence-electron chi connectivity index (χ2n) is 21.0. The number of aliphatic hydroxyl groups excluding tert-OH is 2. The van der Waals surface area contributed by atoms with Crippen molar-refractivity contribution in [2.24, 2.45) is 0 Å². The molecule has 0 aromatic heterocycles.